The van der Waals surface area contributed by atoms with E-state index in [2.05, 4.69) is 29.3 Å². The van der Waals surface area contributed by atoms with E-state index in [4.69, 9.17) is 9.47 Å². The Kier molecular flexibility index (Phi) is 6.33. The molecule has 1 unspecified atom stereocenters. The fourth-order valence-electron chi connectivity index (χ4n) is 3.01. The highest BCUT2D eigenvalue weighted by atomic mass is 16.5. The third-order valence-corrected chi connectivity index (χ3v) is 4.03. The van der Waals surface area contributed by atoms with Crippen LogP contribution in [0.5, 0.6) is 11.5 Å². The van der Waals surface area contributed by atoms with Gasteiger partial charge in [0.05, 0.1) is 14.2 Å². The van der Waals surface area contributed by atoms with Gasteiger partial charge in [-0.25, -0.2) is 0 Å². The van der Waals surface area contributed by atoms with Crippen LogP contribution in [0.2, 0.25) is 0 Å². The van der Waals surface area contributed by atoms with Crippen molar-refractivity contribution in [2.24, 2.45) is 0 Å². The molecular weight excluding hydrogens is 264 g/mol. The highest BCUT2D eigenvalue weighted by Crippen LogP contribution is 2.28. The lowest BCUT2D eigenvalue weighted by molar-refractivity contribution is 0.241. The minimum absolute atomic E-state index is 0.650. The van der Waals surface area contributed by atoms with E-state index in [9.17, 15) is 0 Å². The van der Waals surface area contributed by atoms with Crippen LogP contribution in [-0.4, -0.2) is 44.8 Å². The van der Waals surface area contributed by atoms with E-state index in [-0.39, 0.29) is 0 Å². The third kappa shape index (κ3) is 4.61. The number of hydrogen-bond acceptors (Lipinski definition) is 4. The second-order valence-electron chi connectivity index (χ2n) is 5.72. The first-order valence-corrected chi connectivity index (χ1v) is 7.93. The number of hydrogen-bond donors (Lipinski definition) is 1. The van der Waals surface area contributed by atoms with Crippen molar-refractivity contribution in [2.75, 3.05) is 33.9 Å². The summed E-state index contributed by atoms with van der Waals surface area (Å²) < 4.78 is 10.7. The molecule has 1 atom stereocenters. The number of nitrogens with one attached hydrogen (secondary N) is 1. The molecule has 0 saturated carbocycles. The van der Waals surface area contributed by atoms with Crippen molar-refractivity contribution in [2.45, 2.75) is 38.8 Å². The Bertz CT molecular complexity index is 431. The molecule has 1 heterocycles. The topological polar surface area (TPSA) is 33.7 Å². The van der Waals surface area contributed by atoms with Gasteiger partial charge in [0.25, 0.3) is 0 Å². The molecule has 4 nitrogen and oxygen atoms in total. The molecule has 118 valence electrons. The van der Waals surface area contributed by atoms with Crippen molar-refractivity contribution in [1.82, 2.24) is 10.2 Å². The van der Waals surface area contributed by atoms with Crippen LogP contribution in [0.1, 0.15) is 31.7 Å². The second kappa shape index (κ2) is 8.25. The average Bonchev–Trinajstić information content (AvgIpc) is 3.00. The molecule has 0 radical (unpaired) electrons. The Morgan fingerprint density at radius 2 is 2.05 bits per heavy atom. The highest BCUT2D eigenvalue weighted by Gasteiger charge is 2.18. The molecule has 1 saturated heterocycles. The van der Waals surface area contributed by atoms with Gasteiger partial charge in [-0.3, -0.25) is 4.90 Å². The van der Waals surface area contributed by atoms with Crippen LogP contribution in [-0.2, 0) is 6.54 Å². The summed E-state index contributed by atoms with van der Waals surface area (Å²) in [7, 11) is 3.36. The maximum atomic E-state index is 5.40. The quantitative estimate of drug-likeness (QED) is 0.799. The van der Waals surface area contributed by atoms with Crippen molar-refractivity contribution in [1.29, 1.82) is 0 Å². The minimum Gasteiger partial charge on any atom is -0.493 e. The van der Waals surface area contributed by atoms with E-state index in [1.54, 1.807) is 14.2 Å². The van der Waals surface area contributed by atoms with Gasteiger partial charge in [0.2, 0.25) is 0 Å². The Balaban J connectivity index is 2.01. The van der Waals surface area contributed by atoms with Crippen LogP contribution < -0.4 is 14.8 Å². The van der Waals surface area contributed by atoms with Crippen molar-refractivity contribution in [3.8, 4) is 11.5 Å². The Morgan fingerprint density at radius 3 is 2.67 bits per heavy atom. The van der Waals surface area contributed by atoms with Gasteiger partial charge < -0.3 is 14.8 Å². The minimum atomic E-state index is 0.650. The molecule has 1 N–H and O–H groups in total. The maximum absolute atomic E-state index is 5.40. The van der Waals surface area contributed by atoms with Gasteiger partial charge in [0, 0.05) is 19.1 Å². The molecule has 0 bridgehead atoms. The molecule has 0 spiro atoms. The fraction of sp³-hybridized carbons (Fsp3) is 0.647. The molecule has 4 heteroatoms. The van der Waals surface area contributed by atoms with Gasteiger partial charge >= 0.3 is 0 Å². The average molecular weight is 292 g/mol. The van der Waals surface area contributed by atoms with Crippen molar-refractivity contribution in [3.63, 3.8) is 0 Å². The van der Waals surface area contributed by atoms with Crippen LogP contribution >= 0.6 is 0 Å². The first kappa shape index (κ1) is 16.1. The molecule has 0 aliphatic carbocycles. The molecular formula is C17H28N2O2. The van der Waals surface area contributed by atoms with Crippen LogP contribution in [0.3, 0.4) is 0 Å². The molecule has 1 aliphatic heterocycles. The van der Waals surface area contributed by atoms with Gasteiger partial charge in [-0.05, 0) is 50.0 Å². The summed E-state index contributed by atoms with van der Waals surface area (Å²) in [6.07, 6.45) is 3.78. The van der Waals surface area contributed by atoms with Crippen molar-refractivity contribution < 1.29 is 9.47 Å². The summed E-state index contributed by atoms with van der Waals surface area (Å²) in [4.78, 5) is 2.53. The van der Waals surface area contributed by atoms with Gasteiger partial charge in [0.15, 0.2) is 11.5 Å². The Morgan fingerprint density at radius 1 is 1.24 bits per heavy atom. The van der Waals surface area contributed by atoms with E-state index in [1.807, 2.05) is 6.07 Å². The standard InChI is InChI=1S/C17H28N2O2/c1-4-10-19(13-15-6-5-9-18-15)12-14-7-8-16(20-2)17(11-14)21-3/h7-8,11,15,18H,4-6,9-10,12-13H2,1-3H3. The molecule has 0 aromatic heterocycles. The SMILES string of the molecule is CCCN(Cc1ccc(OC)c(OC)c1)CC1CCCN1. The summed E-state index contributed by atoms with van der Waals surface area (Å²) in [5.41, 5.74) is 1.28. The molecule has 21 heavy (non-hydrogen) atoms. The number of benzene rings is 1. The van der Waals surface area contributed by atoms with E-state index in [1.165, 1.54) is 31.4 Å². The zero-order valence-electron chi connectivity index (χ0n) is 13.5. The lowest BCUT2D eigenvalue weighted by atomic mass is 10.1. The van der Waals surface area contributed by atoms with Crippen LogP contribution in [0.15, 0.2) is 18.2 Å². The van der Waals surface area contributed by atoms with Crippen LogP contribution in [0.4, 0.5) is 0 Å². The molecule has 2 rings (SSSR count). The molecule has 1 aromatic rings. The lowest BCUT2D eigenvalue weighted by Gasteiger charge is -2.25. The van der Waals surface area contributed by atoms with Gasteiger partial charge in [-0.2, -0.15) is 0 Å². The number of ether oxygens (including phenoxy) is 2. The maximum Gasteiger partial charge on any atom is 0.161 e. The van der Waals surface area contributed by atoms with Crippen LogP contribution in [0.25, 0.3) is 0 Å². The molecule has 0 amide bonds. The van der Waals surface area contributed by atoms with E-state index in [0.717, 1.165) is 31.1 Å². The summed E-state index contributed by atoms with van der Waals surface area (Å²) in [6, 6.07) is 6.86. The first-order chi connectivity index (χ1) is 10.3. The zero-order chi connectivity index (χ0) is 15.1. The number of methoxy groups -OCH3 is 2. The van der Waals surface area contributed by atoms with Crippen LogP contribution in [0, 0.1) is 0 Å². The van der Waals surface area contributed by atoms with Gasteiger partial charge in [0.1, 0.15) is 0 Å². The van der Waals surface area contributed by atoms with E-state index in [0.29, 0.717) is 6.04 Å². The summed E-state index contributed by atoms with van der Waals surface area (Å²) in [5.74, 6) is 1.60. The molecule has 1 aliphatic rings. The Labute approximate surface area is 128 Å². The largest absolute Gasteiger partial charge is 0.493 e. The normalized spacial score (nSPS) is 18.2. The monoisotopic (exact) mass is 292 g/mol. The number of nitrogens with zero attached hydrogens (tertiary/aromatic N) is 1. The first-order valence-electron chi connectivity index (χ1n) is 7.93. The predicted molar refractivity (Wildman–Crippen MR) is 86.1 cm³/mol. The summed E-state index contributed by atoms with van der Waals surface area (Å²) in [5, 5.41) is 3.59. The fourth-order valence-corrected chi connectivity index (χ4v) is 3.01. The molecule has 1 fully saturated rings. The number of rotatable bonds is 8. The van der Waals surface area contributed by atoms with E-state index < -0.39 is 0 Å². The Hall–Kier alpha value is -1.26. The lowest BCUT2D eigenvalue weighted by Crippen LogP contribution is -2.37. The second-order valence-corrected chi connectivity index (χ2v) is 5.72. The molecule has 1 aromatic carbocycles. The highest BCUT2D eigenvalue weighted by molar-refractivity contribution is 5.42. The zero-order valence-corrected chi connectivity index (χ0v) is 13.5. The van der Waals surface area contributed by atoms with E-state index >= 15 is 0 Å². The van der Waals surface area contributed by atoms with Crippen molar-refractivity contribution >= 4 is 0 Å². The van der Waals surface area contributed by atoms with Gasteiger partial charge in [-0.15, -0.1) is 0 Å². The third-order valence-electron chi connectivity index (χ3n) is 4.03. The smallest absolute Gasteiger partial charge is 0.161 e. The predicted octanol–water partition coefficient (Wildman–Crippen LogP) is 2.67. The summed E-state index contributed by atoms with van der Waals surface area (Å²) >= 11 is 0. The summed E-state index contributed by atoms with van der Waals surface area (Å²) in [6.45, 7) is 6.63. The van der Waals surface area contributed by atoms with Crippen molar-refractivity contribution in [3.05, 3.63) is 23.8 Å². The van der Waals surface area contributed by atoms with Gasteiger partial charge in [-0.1, -0.05) is 13.0 Å².